The number of hydrogen-bond acceptors (Lipinski definition) is 3. The smallest absolute Gasteiger partial charge is 0.138 e. The Morgan fingerprint density at radius 3 is 3.00 bits per heavy atom. The predicted octanol–water partition coefficient (Wildman–Crippen LogP) is 1.62. The van der Waals surface area contributed by atoms with Crippen molar-refractivity contribution in [3.05, 3.63) is 12.2 Å². The van der Waals surface area contributed by atoms with E-state index < -0.39 is 5.67 Å². The first-order valence-corrected chi connectivity index (χ1v) is 5.83. The monoisotopic (exact) mass is 226 g/mol. The Balaban J connectivity index is 2.11. The Morgan fingerprint density at radius 2 is 2.44 bits per heavy atom. The Morgan fingerprint density at radius 1 is 1.69 bits per heavy atom. The van der Waals surface area contributed by atoms with Crippen molar-refractivity contribution < 1.29 is 4.39 Å². The van der Waals surface area contributed by atoms with Crippen molar-refractivity contribution in [2.24, 2.45) is 5.73 Å². The summed E-state index contributed by atoms with van der Waals surface area (Å²) in [5.74, 6) is 0.728. The lowest BCUT2D eigenvalue weighted by Crippen LogP contribution is -2.27. The molecule has 1 saturated carbocycles. The van der Waals surface area contributed by atoms with Crippen LogP contribution in [0.1, 0.15) is 45.0 Å². The van der Waals surface area contributed by atoms with Gasteiger partial charge < -0.3 is 5.73 Å². The molecule has 0 saturated heterocycles. The van der Waals surface area contributed by atoms with Gasteiger partial charge in [0.1, 0.15) is 17.8 Å². The van der Waals surface area contributed by atoms with Crippen LogP contribution in [0.5, 0.6) is 0 Å². The zero-order chi connectivity index (χ0) is 11.8. The molecule has 1 fully saturated rings. The van der Waals surface area contributed by atoms with Crippen LogP contribution in [0.2, 0.25) is 0 Å². The molecule has 5 heteroatoms. The Hall–Kier alpha value is -0.970. The summed E-state index contributed by atoms with van der Waals surface area (Å²) in [4.78, 5) is 4.14. The standard InChI is InChI=1S/C11H19FN4/c1-8(2)16-10(14-7-15-16)6-11(12)4-3-9(13)5-11/h7-9H,3-6,13H2,1-2H3. The lowest BCUT2D eigenvalue weighted by atomic mass is 9.99. The maximum atomic E-state index is 14.4. The van der Waals surface area contributed by atoms with Gasteiger partial charge in [-0.1, -0.05) is 0 Å². The third kappa shape index (κ3) is 2.24. The van der Waals surface area contributed by atoms with Crippen LogP contribution in [0.4, 0.5) is 4.39 Å². The maximum absolute atomic E-state index is 14.4. The van der Waals surface area contributed by atoms with E-state index in [9.17, 15) is 4.39 Å². The third-order valence-corrected chi connectivity index (χ3v) is 3.20. The highest BCUT2D eigenvalue weighted by molar-refractivity contribution is 5.01. The molecule has 2 N–H and O–H groups in total. The molecule has 0 bridgehead atoms. The molecule has 0 spiro atoms. The largest absolute Gasteiger partial charge is 0.328 e. The van der Waals surface area contributed by atoms with E-state index in [1.807, 2.05) is 13.8 Å². The molecule has 1 aliphatic carbocycles. The average molecular weight is 226 g/mol. The van der Waals surface area contributed by atoms with Crippen molar-refractivity contribution in [2.75, 3.05) is 0 Å². The summed E-state index contributed by atoms with van der Waals surface area (Å²) in [6.07, 6.45) is 3.58. The summed E-state index contributed by atoms with van der Waals surface area (Å²) < 4.78 is 16.2. The van der Waals surface area contributed by atoms with Crippen LogP contribution >= 0.6 is 0 Å². The van der Waals surface area contributed by atoms with E-state index in [0.29, 0.717) is 19.3 Å². The highest BCUT2D eigenvalue weighted by Crippen LogP contribution is 2.35. The molecular weight excluding hydrogens is 207 g/mol. The summed E-state index contributed by atoms with van der Waals surface area (Å²) in [5, 5.41) is 4.12. The number of halogens is 1. The van der Waals surface area contributed by atoms with E-state index in [-0.39, 0.29) is 12.1 Å². The molecule has 1 aromatic rings. The topological polar surface area (TPSA) is 56.7 Å². The fraction of sp³-hybridized carbons (Fsp3) is 0.818. The van der Waals surface area contributed by atoms with Crippen molar-refractivity contribution in [3.8, 4) is 0 Å². The molecule has 4 nitrogen and oxygen atoms in total. The lowest BCUT2D eigenvalue weighted by molar-refractivity contribution is 0.164. The van der Waals surface area contributed by atoms with E-state index in [1.165, 1.54) is 6.33 Å². The van der Waals surface area contributed by atoms with Crippen LogP contribution < -0.4 is 5.73 Å². The van der Waals surface area contributed by atoms with Crippen LogP contribution in [0.15, 0.2) is 6.33 Å². The van der Waals surface area contributed by atoms with Crippen molar-refractivity contribution in [1.29, 1.82) is 0 Å². The highest BCUT2D eigenvalue weighted by Gasteiger charge is 2.39. The van der Waals surface area contributed by atoms with Gasteiger partial charge in [0.2, 0.25) is 0 Å². The molecule has 0 radical (unpaired) electrons. The molecule has 1 aromatic heterocycles. The van der Waals surface area contributed by atoms with Gasteiger partial charge >= 0.3 is 0 Å². The molecule has 2 unspecified atom stereocenters. The number of rotatable bonds is 3. The normalized spacial score (nSPS) is 30.2. The third-order valence-electron chi connectivity index (χ3n) is 3.20. The fourth-order valence-corrected chi connectivity index (χ4v) is 2.39. The van der Waals surface area contributed by atoms with Gasteiger partial charge in [-0.3, -0.25) is 0 Å². The zero-order valence-electron chi connectivity index (χ0n) is 9.86. The second kappa shape index (κ2) is 4.13. The molecule has 0 aliphatic heterocycles. The summed E-state index contributed by atoms with van der Waals surface area (Å²) in [6.45, 7) is 4.03. The molecule has 90 valence electrons. The predicted molar refractivity (Wildman–Crippen MR) is 59.8 cm³/mol. The van der Waals surface area contributed by atoms with Crippen LogP contribution in [0.25, 0.3) is 0 Å². The van der Waals surface area contributed by atoms with Crippen molar-refractivity contribution in [2.45, 2.75) is 57.3 Å². The van der Waals surface area contributed by atoms with Gasteiger partial charge in [0, 0.05) is 18.5 Å². The van der Waals surface area contributed by atoms with Crippen LogP contribution in [-0.2, 0) is 6.42 Å². The first-order valence-electron chi connectivity index (χ1n) is 5.83. The minimum atomic E-state index is -1.18. The SMILES string of the molecule is CC(C)n1ncnc1CC1(F)CCC(N)C1. The Bertz CT molecular complexity index is 363. The van der Waals surface area contributed by atoms with Gasteiger partial charge in [0.25, 0.3) is 0 Å². The number of hydrogen-bond donors (Lipinski definition) is 1. The quantitative estimate of drug-likeness (QED) is 0.852. The minimum absolute atomic E-state index is 0.000390. The molecular formula is C11H19FN4. The van der Waals surface area contributed by atoms with Crippen LogP contribution in [-0.4, -0.2) is 26.5 Å². The summed E-state index contributed by atoms with van der Waals surface area (Å²) in [7, 11) is 0. The zero-order valence-corrected chi connectivity index (χ0v) is 9.86. The van der Waals surface area contributed by atoms with Gasteiger partial charge in [-0.2, -0.15) is 5.10 Å². The maximum Gasteiger partial charge on any atom is 0.138 e. The molecule has 1 heterocycles. The first kappa shape index (κ1) is 11.5. The van der Waals surface area contributed by atoms with Gasteiger partial charge in [0.05, 0.1) is 0 Å². The van der Waals surface area contributed by atoms with E-state index in [0.717, 1.165) is 12.2 Å². The summed E-state index contributed by atoms with van der Waals surface area (Å²) in [6, 6.07) is 0.219. The van der Waals surface area contributed by atoms with Crippen LogP contribution in [0, 0.1) is 0 Å². The molecule has 1 aliphatic rings. The summed E-state index contributed by atoms with van der Waals surface area (Å²) in [5.41, 5.74) is 4.57. The second-order valence-corrected chi connectivity index (χ2v) is 5.05. The lowest BCUT2D eigenvalue weighted by Gasteiger charge is -2.19. The van der Waals surface area contributed by atoms with Gasteiger partial charge in [0.15, 0.2) is 0 Å². The van der Waals surface area contributed by atoms with E-state index in [2.05, 4.69) is 10.1 Å². The summed E-state index contributed by atoms with van der Waals surface area (Å²) >= 11 is 0. The highest BCUT2D eigenvalue weighted by atomic mass is 19.1. The number of aromatic nitrogens is 3. The van der Waals surface area contributed by atoms with E-state index >= 15 is 0 Å². The molecule has 0 aromatic carbocycles. The average Bonchev–Trinajstić information content (AvgIpc) is 2.74. The molecule has 2 atom stereocenters. The van der Waals surface area contributed by atoms with Crippen LogP contribution in [0.3, 0.4) is 0 Å². The Kier molecular flexibility index (Phi) is 2.97. The Labute approximate surface area is 95.0 Å². The molecule has 2 rings (SSSR count). The van der Waals surface area contributed by atoms with Crippen molar-refractivity contribution >= 4 is 0 Å². The van der Waals surface area contributed by atoms with Crippen molar-refractivity contribution in [3.63, 3.8) is 0 Å². The van der Waals surface area contributed by atoms with Gasteiger partial charge in [-0.05, 0) is 33.1 Å². The van der Waals surface area contributed by atoms with E-state index in [4.69, 9.17) is 5.73 Å². The number of alkyl halides is 1. The molecule has 16 heavy (non-hydrogen) atoms. The number of nitrogens with two attached hydrogens (primary N) is 1. The van der Waals surface area contributed by atoms with E-state index in [1.54, 1.807) is 4.68 Å². The first-order chi connectivity index (χ1) is 7.50. The minimum Gasteiger partial charge on any atom is -0.328 e. The van der Waals surface area contributed by atoms with Gasteiger partial charge in [-0.15, -0.1) is 0 Å². The fourth-order valence-electron chi connectivity index (χ4n) is 2.39. The van der Waals surface area contributed by atoms with Gasteiger partial charge in [-0.25, -0.2) is 14.1 Å². The second-order valence-electron chi connectivity index (χ2n) is 5.05. The van der Waals surface area contributed by atoms with Crippen molar-refractivity contribution in [1.82, 2.24) is 14.8 Å². The molecule has 0 amide bonds. The number of nitrogens with zero attached hydrogens (tertiary/aromatic N) is 3.